The summed E-state index contributed by atoms with van der Waals surface area (Å²) in [6.45, 7) is 7.88. The van der Waals surface area contributed by atoms with Crippen LogP contribution in [0.25, 0.3) is 0 Å². The SMILES string of the molecule is CC(C)Cc1noc(CN2CCC(C3CCCCCN3C(N)=O)CC2)n1. The first kappa shape index (κ1) is 19.1. The van der Waals surface area contributed by atoms with E-state index in [1.165, 1.54) is 12.8 Å². The van der Waals surface area contributed by atoms with E-state index >= 15 is 0 Å². The summed E-state index contributed by atoms with van der Waals surface area (Å²) < 4.78 is 5.40. The lowest BCUT2D eigenvalue weighted by Crippen LogP contribution is -2.49. The number of carbonyl (C=O) groups excluding carboxylic acids is 1. The molecule has 1 atom stereocenters. The van der Waals surface area contributed by atoms with Gasteiger partial charge in [-0.1, -0.05) is 31.8 Å². The monoisotopic (exact) mass is 363 g/mol. The Morgan fingerprint density at radius 3 is 2.65 bits per heavy atom. The third-order valence-electron chi connectivity index (χ3n) is 5.72. The molecular formula is C19H33N5O2. The maximum absolute atomic E-state index is 11.9. The summed E-state index contributed by atoms with van der Waals surface area (Å²) in [6, 6.07) is 0.0704. The van der Waals surface area contributed by atoms with E-state index in [4.69, 9.17) is 10.3 Å². The van der Waals surface area contributed by atoms with Crippen molar-refractivity contribution >= 4 is 6.03 Å². The zero-order valence-corrected chi connectivity index (χ0v) is 16.2. The van der Waals surface area contributed by atoms with Crippen molar-refractivity contribution in [2.45, 2.75) is 71.4 Å². The van der Waals surface area contributed by atoms with E-state index in [9.17, 15) is 4.79 Å². The molecule has 2 aliphatic rings. The summed E-state index contributed by atoms with van der Waals surface area (Å²) in [5.41, 5.74) is 5.65. The van der Waals surface area contributed by atoms with Gasteiger partial charge in [0.05, 0.1) is 6.54 Å². The number of nitrogens with two attached hydrogens (primary N) is 1. The van der Waals surface area contributed by atoms with E-state index < -0.39 is 0 Å². The third kappa shape index (κ3) is 4.96. The lowest BCUT2D eigenvalue weighted by Gasteiger charge is -2.39. The Morgan fingerprint density at radius 2 is 1.96 bits per heavy atom. The van der Waals surface area contributed by atoms with Gasteiger partial charge in [0, 0.05) is 19.0 Å². The van der Waals surface area contributed by atoms with Gasteiger partial charge < -0.3 is 15.2 Å². The molecular weight excluding hydrogens is 330 g/mol. The molecule has 2 fully saturated rings. The molecule has 26 heavy (non-hydrogen) atoms. The number of hydrogen-bond donors (Lipinski definition) is 1. The van der Waals surface area contributed by atoms with Crippen LogP contribution in [-0.2, 0) is 13.0 Å². The molecule has 0 saturated carbocycles. The van der Waals surface area contributed by atoms with Crippen LogP contribution in [0.4, 0.5) is 4.79 Å². The van der Waals surface area contributed by atoms with Crippen LogP contribution in [-0.4, -0.2) is 51.6 Å². The molecule has 3 rings (SSSR count). The van der Waals surface area contributed by atoms with Crippen molar-refractivity contribution in [2.75, 3.05) is 19.6 Å². The third-order valence-corrected chi connectivity index (χ3v) is 5.72. The molecule has 0 bridgehead atoms. The molecule has 146 valence electrons. The number of carbonyl (C=O) groups is 1. The van der Waals surface area contributed by atoms with Crippen molar-refractivity contribution in [3.8, 4) is 0 Å². The first-order valence-electron chi connectivity index (χ1n) is 10.1. The van der Waals surface area contributed by atoms with E-state index in [0.29, 0.717) is 23.8 Å². The largest absolute Gasteiger partial charge is 0.351 e. The van der Waals surface area contributed by atoms with Gasteiger partial charge in [-0.25, -0.2) is 4.79 Å². The summed E-state index contributed by atoms with van der Waals surface area (Å²) in [7, 11) is 0. The summed E-state index contributed by atoms with van der Waals surface area (Å²) in [5, 5.41) is 4.08. The molecule has 0 spiro atoms. The highest BCUT2D eigenvalue weighted by Gasteiger charge is 2.33. The molecule has 1 unspecified atom stereocenters. The number of nitrogens with zero attached hydrogens (tertiary/aromatic N) is 4. The van der Waals surface area contributed by atoms with Crippen LogP contribution < -0.4 is 5.73 Å². The van der Waals surface area contributed by atoms with Gasteiger partial charge in [0.15, 0.2) is 5.82 Å². The Morgan fingerprint density at radius 1 is 1.19 bits per heavy atom. The second-order valence-corrected chi connectivity index (χ2v) is 8.26. The zero-order chi connectivity index (χ0) is 18.5. The minimum atomic E-state index is -0.247. The molecule has 3 heterocycles. The Balaban J connectivity index is 1.51. The number of likely N-dealkylation sites (tertiary alicyclic amines) is 2. The van der Waals surface area contributed by atoms with Crippen LogP contribution >= 0.6 is 0 Å². The molecule has 7 heteroatoms. The molecule has 2 saturated heterocycles. The fourth-order valence-electron chi connectivity index (χ4n) is 4.39. The average molecular weight is 364 g/mol. The van der Waals surface area contributed by atoms with E-state index in [1.807, 2.05) is 4.90 Å². The number of rotatable bonds is 5. The van der Waals surface area contributed by atoms with Crippen molar-refractivity contribution in [3.63, 3.8) is 0 Å². The van der Waals surface area contributed by atoms with Crippen molar-refractivity contribution in [1.82, 2.24) is 19.9 Å². The van der Waals surface area contributed by atoms with Crippen LogP contribution in [0, 0.1) is 11.8 Å². The maximum Gasteiger partial charge on any atom is 0.315 e. The first-order valence-corrected chi connectivity index (χ1v) is 10.1. The van der Waals surface area contributed by atoms with Crippen molar-refractivity contribution in [1.29, 1.82) is 0 Å². The number of piperidine rings is 1. The van der Waals surface area contributed by atoms with Gasteiger partial charge in [-0.15, -0.1) is 0 Å². The van der Waals surface area contributed by atoms with E-state index in [1.54, 1.807) is 0 Å². The molecule has 1 aromatic rings. The van der Waals surface area contributed by atoms with E-state index in [-0.39, 0.29) is 6.03 Å². The fourth-order valence-corrected chi connectivity index (χ4v) is 4.39. The maximum atomic E-state index is 11.9. The molecule has 0 radical (unpaired) electrons. The highest BCUT2D eigenvalue weighted by atomic mass is 16.5. The number of hydrogen-bond acceptors (Lipinski definition) is 5. The van der Waals surface area contributed by atoms with Crippen molar-refractivity contribution in [3.05, 3.63) is 11.7 Å². The summed E-state index contributed by atoms with van der Waals surface area (Å²) in [6.07, 6.45) is 7.63. The number of amides is 2. The lowest BCUT2D eigenvalue weighted by atomic mass is 9.86. The molecule has 2 aliphatic heterocycles. The smallest absolute Gasteiger partial charge is 0.315 e. The highest BCUT2D eigenvalue weighted by Crippen LogP contribution is 2.30. The van der Waals surface area contributed by atoms with Crippen LogP contribution in [0.15, 0.2) is 4.52 Å². The predicted octanol–water partition coefficient (Wildman–Crippen LogP) is 2.80. The van der Waals surface area contributed by atoms with Gasteiger partial charge in [-0.05, 0) is 50.6 Å². The van der Waals surface area contributed by atoms with Crippen LogP contribution in [0.2, 0.25) is 0 Å². The minimum absolute atomic E-state index is 0.247. The summed E-state index contributed by atoms with van der Waals surface area (Å²) >= 11 is 0. The van der Waals surface area contributed by atoms with Gasteiger partial charge in [-0.3, -0.25) is 4.90 Å². The van der Waals surface area contributed by atoms with E-state index in [0.717, 1.165) is 64.1 Å². The Bertz CT molecular complexity index is 580. The second-order valence-electron chi connectivity index (χ2n) is 8.26. The average Bonchev–Trinajstić information content (AvgIpc) is 2.88. The molecule has 1 aromatic heterocycles. The van der Waals surface area contributed by atoms with E-state index in [2.05, 4.69) is 28.9 Å². The van der Waals surface area contributed by atoms with Crippen LogP contribution in [0.3, 0.4) is 0 Å². The Kier molecular flexibility index (Phi) is 6.51. The number of aromatic nitrogens is 2. The van der Waals surface area contributed by atoms with Crippen molar-refractivity contribution in [2.24, 2.45) is 17.6 Å². The first-order chi connectivity index (χ1) is 12.5. The van der Waals surface area contributed by atoms with Gasteiger partial charge in [0.2, 0.25) is 5.89 Å². The van der Waals surface area contributed by atoms with Gasteiger partial charge in [0.25, 0.3) is 0 Å². The molecule has 0 aliphatic carbocycles. The summed E-state index contributed by atoms with van der Waals surface area (Å²) in [5.74, 6) is 2.60. The Labute approximate surface area is 156 Å². The number of urea groups is 1. The molecule has 2 amide bonds. The predicted molar refractivity (Wildman–Crippen MR) is 99.4 cm³/mol. The van der Waals surface area contributed by atoms with Gasteiger partial charge in [0.1, 0.15) is 0 Å². The molecule has 0 aromatic carbocycles. The van der Waals surface area contributed by atoms with Crippen molar-refractivity contribution < 1.29 is 9.32 Å². The normalized spacial score (nSPS) is 23.3. The molecule has 2 N–H and O–H groups in total. The van der Waals surface area contributed by atoms with Gasteiger partial charge >= 0.3 is 6.03 Å². The Hall–Kier alpha value is -1.63. The van der Waals surface area contributed by atoms with Crippen LogP contribution in [0.1, 0.15) is 64.1 Å². The molecule has 7 nitrogen and oxygen atoms in total. The highest BCUT2D eigenvalue weighted by molar-refractivity contribution is 5.72. The number of primary amides is 1. The second kappa shape index (κ2) is 8.84. The zero-order valence-electron chi connectivity index (χ0n) is 16.2. The van der Waals surface area contributed by atoms with Crippen LogP contribution in [0.5, 0.6) is 0 Å². The lowest BCUT2D eigenvalue weighted by molar-refractivity contribution is 0.0962. The van der Waals surface area contributed by atoms with Gasteiger partial charge in [-0.2, -0.15) is 4.98 Å². The fraction of sp³-hybridized carbons (Fsp3) is 0.842. The standard InChI is InChI=1S/C19H33N5O2/c1-14(2)12-17-21-18(26-22-17)13-23-10-7-15(8-11-23)16-6-4-3-5-9-24(16)19(20)25/h14-16H,3-13H2,1-2H3,(H2,20,25). The minimum Gasteiger partial charge on any atom is -0.351 e. The topological polar surface area (TPSA) is 88.5 Å². The summed E-state index contributed by atoms with van der Waals surface area (Å²) in [4.78, 5) is 20.7. The quantitative estimate of drug-likeness (QED) is 0.869.